The maximum atomic E-state index is 6.47. The van der Waals surface area contributed by atoms with Crippen LogP contribution in [0.4, 0.5) is 0 Å². The molecule has 2 heteroatoms. The second-order valence-electron chi connectivity index (χ2n) is 7.03. The molecule has 1 aliphatic rings. The molecule has 0 heterocycles. The molecule has 0 bridgehead atoms. The summed E-state index contributed by atoms with van der Waals surface area (Å²) in [6.45, 7) is 9.11. The van der Waals surface area contributed by atoms with Crippen LogP contribution in [-0.4, -0.2) is 6.10 Å². The summed E-state index contributed by atoms with van der Waals surface area (Å²) in [5, 5.41) is 0. The molecule has 1 fully saturated rings. The lowest BCUT2D eigenvalue weighted by Gasteiger charge is -2.37. The van der Waals surface area contributed by atoms with Gasteiger partial charge in [0.05, 0.1) is 0 Å². The van der Waals surface area contributed by atoms with Crippen molar-refractivity contribution in [1.82, 2.24) is 0 Å². The summed E-state index contributed by atoms with van der Waals surface area (Å²) in [5.41, 5.74) is 7.40. The number of ether oxygens (including phenoxy) is 1. The van der Waals surface area contributed by atoms with E-state index >= 15 is 0 Å². The highest BCUT2D eigenvalue weighted by Crippen LogP contribution is 2.37. The fourth-order valence-corrected chi connectivity index (χ4v) is 3.53. The van der Waals surface area contributed by atoms with Gasteiger partial charge in [0.1, 0.15) is 11.9 Å². The molecule has 2 N–H and O–H groups in total. The van der Waals surface area contributed by atoms with E-state index < -0.39 is 0 Å². The first-order chi connectivity index (χ1) is 10.0. The van der Waals surface area contributed by atoms with Crippen molar-refractivity contribution in [3.05, 3.63) is 29.8 Å². The fraction of sp³-hybridized carbons (Fsp3) is 0.684. The molecule has 1 aromatic carbocycles. The molecule has 0 amide bonds. The second kappa shape index (κ2) is 7.31. The molecule has 0 saturated heterocycles. The Hall–Kier alpha value is -1.02. The highest BCUT2D eigenvalue weighted by molar-refractivity contribution is 5.36. The van der Waals surface area contributed by atoms with Crippen LogP contribution in [0.25, 0.3) is 0 Å². The van der Waals surface area contributed by atoms with Gasteiger partial charge in [0.15, 0.2) is 0 Å². The Morgan fingerprint density at radius 2 is 1.95 bits per heavy atom. The minimum absolute atomic E-state index is 0.0692. The number of nitrogens with two attached hydrogens (primary N) is 1. The van der Waals surface area contributed by atoms with E-state index in [4.69, 9.17) is 10.5 Å². The molecule has 2 rings (SSSR count). The number of benzene rings is 1. The number of para-hydroxylation sites is 1. The van der Waals surface area contributed by atoms with E-state index in [2.05, 4.69) is 52.0 Å². The topological polar surface area (TPSA) is 35.2 Å². The average Bonchev–Trinajstić information content (AvgIpc) is 2.47. The third-order valence-electron chi connectivity index (χ3n) is 5.00. The zero-order chi connectivity index (χ0) is 15.4. The lowest BCUT2D eigenvalue weighted by Crippen LogP contribution is -2.36. The molecule has 118 valence electrons. The molecule has 4 atom stereocenters. The first-order valence-electron chi connectivity index (χ1n) is 8.54. The predicted octanol–water partition coefficient (Wildman–Crippen LogP) is 4.94. The monoisotopic (exact) mass is 289 g/mol. The van der Waals surface area contributed by atoms with Gasteiger partial charge in [0, 0.05) is 11.6 Å². The van der Waals surface area contributed by atoms with Gasteiger partial charge in [0.25, 0.3) is 0 Å². The van der Waals surface area contributed by atoms with Crippen LogP contribution in [0.1, 0.15) is 65.0 Å². The van der Waals surface area contributed by atoms with Crippen LogP contribution >= 0.6 is 0 Å². The van der Waals surface area contributed by atoms with E-state index in [-0.39, 0.29) is 6.04 Å². The van der Waals surface area contributed by atoms with Crippen LogP contribution in [0.3, 0.4) is 0 Å². The van der Waals surface area contributed by atoms with E-state index in [0.717, 1.165) is 23.7 Å². The van der Waals surface area contributed by atoms with Gasteiger partial charge < -0.3 is 10.5 Å². The van der Waals surface area contributed by atoms with Crippen LogP contribution < -0.4 is 10.5 Å². The number of hydrogen-bond acceptors (Lipinski definition) is 2. The molecule has 1 aliphatic carbocycles. The summed E-state index contributed by atoms with van der Waals surface area (Å²) in [6, 6.07) is 8.38. The molecule has 0 radical (unpaired) electrons. The van der Waals surface area contributed by atoms with Gasteiger partial charge in [-0.05, 0) is 43.1 Å². The molecule has 0 spiro atoms. The van der Waals surface area contributed by atoms with E-state index in [9.17, 15) is 0 Å². The van der Waals surface area contributed by atoms with Crippen molar-refractivity contribution in [2.45, 2.75) is 65.5 Å². The molecule has 1 aromatic rings. The molecular formula is C19H31NO. The zero-order valence-electron chi connectivity index (χ0n) is 14.0. The summed E-state index contributed by atoms with van der Waals surface area (Å²) in [5.74, 6) is 3.09. The highest BCUT2D eigenvalue weighted by Gasteiger charge is 2.32. The van der Waals surface area contributed by atoms with Gasteiger partial charge in [-0.1, -0.05) is 52.3 Å². The minimum atomic E-state index is 0.0692. The maximum Gasteiger partial charge on any atom is 0.124 e. The first-order valence-corrected chi connectivity index (χ1v) is 8.54. The van der Waals surface area contributed by atoms with Crippen LogP contribution in [0, 0.1) is 17.8 Å². The van der Waals surface area contributed by atoms with Crippen molar-refractivity contribution in [1.29, 1.82) is 0 Å². The van der Waals surface area contributed by atoms with E-state index in [1.807, 2.05) is 0 Å². The summed E-state index contributed by atoms with van der Waals surface area (Å²) in [6.07, 6.45) is 5.05. The molecule has 0 aliphatic heterocycles. The Bertz CT molecular complexity index is 443. The van der Waals surface area contributed by atoms with Crippen molar-refractivity contribution in [2.24, 2.45) is 23.5 Å². The van der Waals surface area contributed by atoms with Gasteiger partial charge >= 0.3 is 0 Å². The smallest absolute Gasteiger partial charge is 0.124 e. The van der Waals surface area contributed by atoms with Crippen molar-refractivity contribution < 1.29 is 4.74 Å². The summed E-state index contributed by atoms with van der Waals surface area (Å²) in [4.78, 5) is 0. The largest absolute Gasteiger partial charge is 0.490 e. The first kappa shape index (κ1) is 16.4. The van der Waals surface area contributed by atoms with Crippen LogP contribution in [0.15, 0.2) is 24.3 Å². The van der Waals surface area contributed by atoms with Crippen LogP contribution in [0.2, 0.25) is 0 Å². The Balaban J connectivity index is 2.19. The van der Waals surface area contributed by atoms with Crippen molar-refractivity contribution in [3.63, 3.8) is 0 Å². The zero-order valence-corrected chi connectivity index (χ0v) is 14.0. The van der Waals surface area contributed by atoms with Gasteiger partial charge in [-0.2, -0.15) is 0 Å². The van der Waals surface area contributed by atoms with Gasteiger partial charge in [0.2, 0.25) is 0 Å². The molecule has 1 saturated carbocycles. The lowest BCUT2D eigenvalue weighted by molar-refractivity contribution is 0.0450. The van der Waals surface area contributed by atoms with Crippen molar-refractivity contribution >= 4 is 0 Å². The fourth-order valence-electron chi connectivity index (χ4n) is 3.53. The quantitative estimate of drug-likeness (QED) is 0.833. The van der Waals surface area contributed by atoms with Crippen molar-refractivity contribution in [2.75, 3.05) is 0 Å². The Morgan fingerprint density at radius 3 is 2.62 bits per heavy atom. The highest BCUT2D eigenvalue weighted by atomic mass is 16.5. The van der Waals surface area contributed by atoms with Crippen molar-refractivity contribution in [3.8, 4) is 5.75 Å². The predicted molar refractivity (Wildman–Crippen MR) is 89.4 cm³/mol. The third-order valence-corrected chi connectivity index (χ3v) is 5.00. The molecule has 0 aromatic heterocycles. The normalized spacial score (nSPS) is 27.6. The van der Waals surface area contributed by atoms with E-state index in [1.54, 1.807) is 0 Å². The number of hydrogen-bond donors (Lipinski definition) is 1. The summed E-state index contributed by atoms with van der Waals surface area (Å²) in [7, 11) is 0. The third kappa shape index (κ3) is 4.00. The molecule has 21 heavy (non-hydrogen) atoms. The minimum Gasteiger partial charge on any atom is -0.490 e. The SMILES string of the molecule is CC[C@H](N)c1ccccc1OC1CC(C)CCC1C(C)C. The summed E-state index contributed by atoms with van der Waals surface area (Å²) >= 11 is 0. The van der Waals surface area contributed by atoms with Crippen LogP contribution in [-0.2, 0) is 0 Å². The van der Waals surface area contributed by atoms with E-state index in [0.29, 0.717) is 17.9 Å². The van der Waals surface area contributed by atoms with Crippen LogP contribution in [0.5, 0.6) is 5.75 Å². The van der Waals surface area contributed by atoms with Gasteiger partial charge in [-0.25, -0.2) is 0 Å². The Kier molecular flexibility index (Phi) is 5.69. The van der Waals surface area contributed by atoms with Gasteiger partial charge in [-0.3, -0.25) is 0 Å². The van der Waals surface area contributed by atoms with E-state index in [1.165, 1.54) is 19.3 Å². The standard InChI is InChI=1S/C19H31NO/c1-5-17(20)16-8-6-7-9-18(16)21-19-12-14(4)10-11-15(19)13(2)3/h6-9,13-15,17,19H,5,10-12,20H2,1-4H3/t14?,15?,17-,19?/m0/s1. The van der Waals surface area contributed by atoms with Gasteiger partial charge in [-0.15, -0.1) is 0 Å². The second-order valence-corrected chi connectivity index (χ2v) is 7.03. The lowest BCUT2D eigenvalue weighted by atomic mass is 9.75. The molecule has 2 nitrogen and oxygen atoms in total. The maximum absolute atomic E-state index is 6.47. The summed E-state index contributed by atoms with van der Waals surface area (Å²) < 4.78 is 6.47. The average molecular weight is 289 g/mol. The molecular weight excluding hydrogens is 258 g/mol. The Morgan fingerprint density at radius 1 is 1.24 bits per heavy atom. The number of rotatable bonds is 5. The Labute approximate surface area is 130 Å². The molecule has 3 unspecified atom stereocenters.